The molecule has 0 bridgehead atoms. The number of nitrogens with zero attached hydrogens (tertiary/aromatic N) is 2. The van der Waals surface area contributed by atoms with Crippen molar-refractivity contribution >= 4 is 23.4 Å². The molecule has 0 aromatic carbocycles. The standard InChI is InChI=1S/C12H17ClN4O2/c1-7(2)6-9(11(18)14-3)15-12(19)8-4-5-10(13)17-16-8/h4-5,7,9H,6H2,1-3H3,(H,14,18)(H,15,19). The minimum Gasteiger partial charge on any atom is -0.357 e. The Morgan fingerprint density at radius 2 is 2.00 bits per heavy atom. The molecule has 1 aromatic heterocycles. The second-order valence-electron chi connectivity index (χ2n) is 4.51. The fourth-order valence-electron chi connectivity index (χ4n) is 1.55. The van der Waals surface area contributed by atoms with Crippen LogP contribution in [0.5, 0.6) is 0 Å². The SMILES string of the molecule is CNC(=O)C(CC(C)C)NC(=O)c1ccc(Cl)nn1. The number of hydrogen-bond donors (Lipinski definition) is 2. The average molecular weight is 285 g/mol. The monoisotopic (exact) mass is 284 g/mol. The quantitative estimate of drug-likeness (QED) is 0.845. The number of aromatic nitrogens is 2. The Kier molecular flexibility index (Phi) is 5.69. The zero-order chi connectivity index (χ0) is 14.4. The first kappa shape index (κ1) is 15.4. The Bertz CT molecular complexity index is 448. The van der Waals surface area contributed by atoms with Crippen LogP contribution in [-0.2, 0) is 4.79 Å². The molecule has 0 saturated carbocycles. The van der Waals surface area contributed by atoms with E-state index in [1.807, 2.05) is 13.8 Å². The minimum atomic E-state index is -0.588. The number of hydrogen-bond acceptors (Lipinski definition) is 4. The Morgan fingerprint density at radius 1 is 1.32 bits per heavy atom. The first-order valence-electron chi connectivity index (χ1n) is 5.95. The van der Waals surface area contributed by atoms with E-state index < -0.39 is 11.9 Å². The first-order valence-corrected chi connectivity index (χ1v) is 6.33. The van der Waals surface area contributed by atoms with Crippen molar-refractivity contribution in [1.82, 2.24) is 20.8 Å². The fourth-order valence-corrected chi connectivity index (χ4v) is 1.65. The molecule has 104 valence electrons. The van der Waals surface area contributed by atoms with Crippen LogP contribution < -0.4 is 10.6 Å². The summed E-state index contributed by atoms with van der Waals surface area (Å²) in [7, 11) is 1.53. The van der Waals surface area contributed by atoms with Gasteiger partial charge in [0.25, 0.3) is 5.91 Å². The summed E-state index contributed by atoms with van der Waals surface area (Å²) in [6.07, 6.45) is 0.548. The maximum atomic E-state index is 11.9. The van der Waals surface area contributed by atoms with Gasteiger partial charge in [-0.15, -0.1) is 10.2 Å². The van der Waals surface area contributed by atoms with E-state index in [9.17, 15) is 9.59 Å². The molecule has 0 saturated heterocycles. The molecule has 1 heterocycles. The number of likely N-dealkylation sites (N-methyl/N-ethyl adjacent to an activating group) is 1. The lowest BCUT2D eigenvalue weighted by atomic mass is 10.0. The number of amides is 2. The third-order valence-electron chi connectivity index (χ3n) is 2.44. The van der Waals surface area contributed by atoms with E-state index in [4.69, 9.17) is 11.6 Å². The van der Waals surface area contributed by atoms with Gasteiger partial charge in [-0.05, 0) is 24.5 Å². The van der Waals surface area contributed by atoms with Gasteiger partial charge in [-0.3, -0.25) is 9.59 Å². The van der Waals surface area contributed by atoms with Gasteiger partial charge in [0, 0.05) is 7.05 Å². The highest BCUT2D eigenvalue weighted by Gasteiger charge is 2.22. The van der Waals surface area contributed by atoms with Crippen molar-refractivity contribution in [2.75, 3.05) is 7.05 Å². The summed E-state index contributed by atoms with van der Waals surface area (Å²) in [5.41, 5.74) is 0.127. The second-order valence-corrected chi connectivity index (χ2v) is 4.90. The van der Waals surface area contributed by atoms with Crippen molar-refractivity contribution in [2.45, 2.75) is 26.3 Å². The van der Waals surface area contributed by atoms with Crippen molar-refractivity contribution in [1.29, 1.82) is 0 Å². The Balaban J connectivity index is 2.75. The molecule has 0 spiro atoms. The fraction of sp³-hybridized carbons (Fsp3) is 0.500. The zero-order valence-electron chi connectivity index (χ0n) is 11.1. The van der Waals surface area contributed by atoms with E-state index in [-0.39, 0.29) is 22.7 Å². The summed E-state index contributed by atoms with van der Waals surface area (Å²) in [4.78, 5) is 23.6. The molecule has 1 rings (SSSR count). The highest BCUT2D eigenvalue weighted by Crippen LogP contribution is 2.07. The van der Waals surface area contributed by atoms with Gasteiger partial charge in [0.1, 0.15) is 6.04 Å². The van der Waals surface area contributed by atoms with Crippen molar-refractivity contribution in [2.24, 2.45) is 5.92 Å². The molecule has 7 heteroatoms. The molecule has 2 N–H and O–H groups in total. The summed E-state index contributed by atoms with van der Waals surface area (Å²) in [6, 6.07) is 2.34. The summed E-state index contributed by atoms with van der Waals surface area (Å²) >= 11 is 5.59. The molecule has 1 aromatic rings. The van der Waals surface area contributed by atoms with Gasteiger partial charge in [0.05, 0.1) is 0 Å². The highest BCUT2D eigenvalue weighted by molar-refractivity contribution is 6.29. The molecule has 0 radical (unpaired) electrons. The molecular formula is C12H17ClN4O2. The molecule has 19 heavy (non-hydrogen) atoms. The summed E-state index contributed by atoms with van der Waals surface area (Å²) < 4.78 is 0. The lowest BCUT2D eigenvalue weighted by Gasteiger charge is -2.18. The zero-order valence-corrected chi connectivity index (χ0v) is 11.9. The van der Waals surface area contributed by atoms with Crippen LogP contribution in [-0.4, -0.2) is 35.1 Å². The largest absolute Gasteiger partial charge is 0.357 e. The molecular weight excluding hydrogens is 268 g/mol. The summed E-state index contributed by atoms with van der Waals surface area (Å²) in [6.45, 7) is 3.95. The van der Waals surface area contributed by atoms with Crippen molar-refractivity contribution in [3.63, 3.8) is 0 Å². The van der Waals surface area contributed by atoms with Gasteiger partial charge in [-0.1, -0.05) is 25.4 Å². The Hall–Kier alpha value is -1.69. The second kappa shape index (κ2) is 7.04. The number of halogens is 1. The first-order chi connectivity index (χ1) is 8.93. The normalized spacial score (nSPS) is 12.1. The van der Waals surface area contributed by atoms with Crippen LogP contribution in [0.25, 0.3) is 0 Å². The topological polar surface area (TPSA) is 84.0 Å². The predicted molar refractivity (Wildman–Crippen MR) is 71.8 cm³/mol. The van der Waals surface area contributed by atoms with Crippen molar-refractivity contribution in [3.05, 3.63) is 23.0 Å². The molecule has 1 unspecified atom stereocenters. The van der Waals surface area contributed by atoms with E-state index in [1.165, 1.54) is 19.2 Å². The Labute approximate surface area is 116 Å². The van der Waals surface area contributed by atoms with E-state index in [0.717, 1.165) is 0 Å². The van der Waals surface area contributed by atoms with Crippen LogP contribution in [0.4, 0.5) is 0 Å². The highest BCUT2D eigenvalue weighted by atomic mass is 35.5. The van der Waals surface area contributed by atoms with Gasteiger partial charge in [-0.25, -0.2) is 0 Å². The van der Waals surface area contributed by atoms with Gasteiger partial charge in [0.2, 0.25) is 5.91 Å². The van der Waals surface area contributed by atoms with Gasteiger partial charge >= 0.3 is 0 Å². The number of rotatable bonds is 5. The third kappa shape index (κ3) is 4.82. The van der Waals surface area contributed by atoms with Crippen molar-refractivity contribution < 1.29 is 9.59 Å². The van der Waals surface area contributed by atoms with Gasteiger partial charge in [-0.2, -0.15) is 0 Å². The molecule has 2 amide bonds. The molecule has 6 nitrogen and oxygen atoms in total. The number of carbonyl (C=O) groups is 2. The van der Waals surface area contributed by atoms with Crippen LogP contribution in [0, 0.1) is 5.92 Å². The summed E-state index contributed by atoms with van der Waals surface area (Å²) in [5.74, 6) is -0.402. The molecule has 0 aliphatic carbocycles. The van der Waals surface area contributed by atoms with Crippen LogP contribution in [0.2, 0.25) is 5.15 Å². The minimum absolute atomic E-state index is 0.127. The third-order valence-corrected chi connectivity index (χ3v) is 2.64. The summed E-state index contributed by atoms with van der Waals surface area (Å²) in [5, 5.41) is 12.6. The molecule has 1 atom stereocenters. The van der Waals surface area contributed by atoms with E-state index in [1.54, 1.807) is 0 Å². The van der Waals surface area contributed by atoms with Crippen LogP contribution in [0.1, 0.15) is 30.8 Å². The van der Waals surface area contributed by atoms with E-state index >= 15 is 0 Å². The van der Waals surface area contributed by atoms with Crippen LogP contribution in [0.3, 0.4) is 0 Å². The maximum Gasteiger partial charge on any atom is 0.272 e. The van der Waals surface area contributed by atoms with Crippen LogP contribution >= 0.6 is 11.6 Å². The van der Waals surface area contributed by atoms with E-state index in [2.05, 4.69) is 20.8 Å². The number of carbonyl (C=O) groups excluding carboxylic acids is 2. The molecule has 0 fully saturated rings. The Morgan fingerprint density at radius 3 is 2.47 bits per heavy atom. The van der Waals surface area contributed by atoms with Crippen molar-refractivity contribution in [3.8, 4) is 0 Å². The van der Waals surface area contributed by atoms with Gasteiger partial charge in [0.15, 0.2) is 10.8 Å². The smallest absolute Gasteiger partial charge is 0.272 e. The molecule has 0 aliphatic heterocycles. The average Bonchev–Trinajstić information content (AvgIpc) is 2.37. The van der Waals surface area contributed by atoms with E-state index in [0.29, 0.717) is 6.42 Å². The lowest BCUT2D eigenvalue weighted by molar-refractivity contribution is -0.122. The maximum absolute atomic E-state index is 11.9. The molecule has 0 aliphatic rings. The predicted octanol–water partition coefficient (Wildman–Crippen LogP) is 1.02. The van der Waals surface area contributed by atoms with Gasteiger partial charge < -0.3 is 10.6 Å². The number of nitrogens with one attached hydrogen (secondary N) is 2. The lowest BCUT2D eigenvalue weighted by Crippen LogP contribution is -2.46. The van der Waals surface area contributed by atoms with Crippen LogP contribution in [0.15, 0.2) is 12.1 Å².